The molecule has 3 rings (SSSR count). The van der Waals surface area contributed by atoms with Crippen LogP contribution in [0.15, 0.2) is 30.5 Å². The highest BCUT2D eigenvalue weighted by molar-refractivity contribution is 5.81. The molecule has 0 aliphatic heterocycles. The van der Waals surface area contributed by atoms with E-state index in [2.05, 4.69) is 10.4 Å². The molecule has 2 aromatic rings. The van der Waals surface area contributed by atoms with Gasteiger partial charge in [-0.15, -0.1) is 0 Å². The van der Waals surface area contributed by atoms with Crippen molar-refractivity contribution in [3.63, 3.8) is 0 Å². The average Bonchev–Trinajstić information content (AvgIpc) is 3.29. The van der Waals surface area contributed by atoms with Crippen LogP contribution in [0.5, 0.6) is 0 Å². The number of amides is 1. The largest absolute Gasteiger partial charge is 0.416 e. The second kappa shape index (κ2) is 5.96. The van der Waals surface area contributed by atoms with Crippen molar-refractivity contribution in [2.45, 2.75) is 38.9 Å². The number of aromatic nitrogens is 2. The molecule has 1 heterocycles. The van der Waals surface area contributed by atoms with Gasteiger partial charge >= 0.3 is 6.18 Å². The van der Waals surface area contributed by atoms with E-state index in [-0.39, 0.29) is 17.9 Å². The smallest absolute Gasteiger partial charge is 0.349 e. The first-order chi connectivity index (χ1) is 11.3. The maximum Gasteiger partial charge on any atom is 0.416 e. The van der Waals surface area contributed by atoms with E-state index in [1.807, 2.05) is 6.92 Å². The van der Waals surface area contributed by atoms with Crippen molar-refractivity contribution in [2.24, 2.45) is 5.92 Å². The van der Waals surface area contributed by atoms with Crippen LogP contribution in [0.2, 0.25) is 0 Å². The minimum atomic E-state index is -4.40. The zero-order valence-corrected chi connectivity index (χ0v) is 13.4. The Bertz CT molecular complexity index is 763. The van der Waals surface area contributed by atoms with Crippen molar-refractivity contribution in [3.05, 3.63) is 47.3 Å². The zero-order chi connectivity index (χ0) is 17.5. The Morgan fingerprint density at radius 1 is 1.38 bits per heavy atom. The number of nitrogens with one attached hydrogen (secondary N) is 1. The molecule has 24 heavy (non-hydrogen) atoms. The van der Waals surface area contributed by atoms with Crippen LogP contribution in [0.4, 0.5) is 13.2 Å². The number of benzene rings is 1. The van der Waals surface area contributed by atoms with Gasteiger partial charge in [-0.25, -0.2) is 4.68 Å². The van der Waals surface area contributed by atoms with Crippen LogP contribution in [0.3, 0.4) is 0 Å². The molecule has 1 N–H and O–H groups in total. The third-order valence-electron chi connectivity index (χ3n) is 4.24. The Labute approximate surface area is 137 Å². The normalized spacial score (nSPS) is 16.0. The number of nitrogens with zero attached hydrogens (tertiary/aromatic N) is 2. The van der Waals surface area contributed by atoms with E-state index in [9.17, 15) is 18.0 Å². The third-order valence-corrected chi connectivity index (χ3v) is 4.24. The predicted octanol–water partition coefficient (Wildman–Crippen LogP) is 3.79. The fraction of sp³-hybridized carbons (Fsp3) is 0.412. The number of carbonyl (C=O) groups excluding carboxylic acids is 1. The molecule has 1 aliphatic rings. The van der Waals surface area contributed by atoms with Crippen LogP contribution in [-0.4, -0.2) is 15.7 Å². The van der Waals surface area contributed by atoms with Crippen LogP contribution in [0.25, 0.3) is 5.69 Å². The van der Waals surface area contributed by atoms with Gasteiger partial charge in [-0.3, -0.25) is 4.79 Å². The Hall–Kier alpha value is -2.31. The molecule has 1 amide bonds. The Balaban J connectivity index is 1.85. The van der Waals surface area contributed by atoms with E-state index in [0.29, 0.717) is 11.4 Å². The maximum atomic E-state index is 12.9. The van der Waals surface area contributed by atoms with Crippen LogP contribution < -0.4 is 5.32 Å². The topological polar surface area (TPSA) is 46.9 Å². The molecule has 0 bridgehead atoms. The summed E-state index contributed by atoms with van der Waals surface area (Å²) in [4.78, 5) is 11.9. The number of carbonyl (C=O) groups is 1. The fourth-order valence-corrected chi connectivity index (χ4v) is 2.68. The highest BCUT2D eigenvalue weighted by atomic mass is 19.4. The lowest BCUT2D eigenvalue weighted by molar-refractivity contribution is -0.137. The molecule has 0 spiro atoms. The molecular weight excluding hydrogens is 319 g/mol. The van der Waals surface area contributed by atoms with Gasteiger partial charge in [-0.1, -0.05) is 6.07 Å². The van der Waals surface area contributed by atoms with Gasteiger partial charge in [-0.2, -0.15) is 18.3 Å². The summed E-state index contributed by atoms with van der Waals surface area (Å²) in [5, 5.41) is 7.12. The first-order valence-corrected chi connectivity index (χ1v) is 7.80. The van der Waals surface area contributed by atoms with Gasteiger partial charge in [0.25, 0.3) is 0 Å². The summed E-state index contributed by atoms with van der Waals surface area (Å²) >= 11 is 0. The van der Waals surface area contributed by atoms with Crippen molar-refractivity contribution in [1.29, 1.82) is 0 Å². The monoisotopic (exact) mass is 337 g/mol. The molecule has 4 nitrogen and oxygen atoms in total. The van der Waals surface area contributed by atoms with E-state index in [0.717, 1.165) is 30.5 Å². The average molecular weight is 337 g/mol. The summed E-state index contributed by atoms with van der Waals surface area (Å²) in [7, 11) is 0. The summed E-state index contributed by atoms with van der Waals surface area (Å²) in [6.45, 7) is 3.63. The van der Waals surface area contributed by atoms with E-state index in [1.54, 1.807) is 19.2 Å². The molecule has 1 saturated carbocycles. The Kier molecular flexibility index (Phi) is 4.11. The van der Waals surface area contributed by atoms with Crippen molar-refractivity contribution in [1.82, 2.24) is 15.1 Å². The van der Waals surface area contributed by atoms with Crippen LogP contribution >= 0.6 is 0 Å². The molecule has 0 radical (unpaired) electrons. The summed E-state index contributed by atoms with van der Waals surface area (Å²) in [6, 6.07) is 4.79. The summed E-state index contributed by atoms with van der Waals surface area (Å²) in [6.07, 6.45) is -0.971. The van der Waals surface area contributed by atoms with Gasteiger partial charge in [0.1, 0.15) is 0 Å². The highest BCUT2D eigenvalue weighted by Crippen LogP contribution is 2.32. The van der Waals surface area contributed by atoms with Gasteiger partial charge < -0.3 is 5.32 Å². The molecule has 7 heteroatoms. The van der Waals surface area contributed by atoms with Crippen molar-refractivity contribution < 1.29 is 18.0 Å². The number of hydrogen-bond acceptors (Lipinski definition) is 2. The van der Waals surface area contributed by atoms with Crippen molar-refractivity contribution >= 4 is 5.91 Å². The van der Waals surface area contributed by atoms with Crippen molar-refractivity contribution in [2.75, 3.05) is 0 Å². The van der Waals surface area contributed by atoms with Crippen LogP contribution in [-0.2, 0) is 11.0 Å². The van der Waals surface area contributed by atoms with Gasteiger partial charge in [-0.05, 0) is 44.9 Å². The van der Waals surface area contributed by atoms with E-state index in [1.165, 1.54) is 10.7 Å². The van der Waals surface area contributed by atoms with Crippen LogP contribution in [0.1, 0.15) is 42.6 Å². The van der Waals surface area contributed by atoms with Gasteiger partial charge in [0.2, 0.25) is 5.91 Å². The minimum Gasteiger partial charge on any atom is -0.349 e. The second-order valence-electron chi connectivity index (χ2n) is 6.15. The molecular formula is C17H18F3N3O. The zero-order valence-electron chi connectivity index (χ0n) is 13.4. The molecule has 0 saturated heterocycles. The molecule has 1 fully saturated rings. The maximum absolute atomic E-state index is 12.9. The lowest BCUT2D eigenvalue weighted by atomic mass is 10.1. The molecule has 1 atom stereocenters. The number of hydrogen-bond donors (Lipinski definition) is 1. The molecule has 128 valence electrons. The van der Waals surface area contributed by atoms with Gasteiger partial charge in [0, 0.05) is 17.2 Å². The molecule has 1 aromatic heterocycles. The minimum absolute atomic E-state index is 0.0220. The lowest BCUT2D eigenvalue weighted by Crippen LogP contribution is -2.28. The van der Waals surface area contributed by atoms with E-state index in [4.69, 9.17) is 0 Å². The standard InChI is InChI=1S/C17H18F3N3O/c1-10(22-16(24)12-6-7-12)15-9-21-23(11(15)2)14-5-3-4-13(8-14)17(18,19)20/h3-5,8-10,12H,6-7H2,1-2H3,(H,22,24)/t10-/m0/s1. The second-order valence-corrected chi connectivity index (χ2v) is 6.15. The summed E-state index contributed by atoms with van der Waals surface area (Å²) in [5.41, 5.74) is 1.13. The lowest BCUT2D eigenvalue weighted by Gasteiger charge is -2.14. The fourth-order valence-electron chi connectivity index (χ4n) is 2.68. The summed E-state index contributed by atoms with van der Waals surface area (Å²) in [5.74, 6) is 0.125. The molecule has 1 aromatic carbocycles. The Morgan fingerprint density at radius 2 is 2.08 bits per heavy atom. The number of rotatable bonds is 4. The summed E-state index contributed by atoms with van der Waals surface area (Å²) < 4.78 is 40.1. The predicted molar refractivity (Wildman–Crippen MR) is 82.6 cm³/mol. The number of alkyl halides is 3. The van der Waals surface area contributed by atoms with Crippen LogP contribution in [0, 0.1) is 12.8 Å². The highest BCUT2D eigenvalue weighted by Gasteiger charge is 2.32. The molecule has 0 unspecified atom stereocenters. The quantitative estimate of drug-likeness (QED) is 0.923. The first-order valence-electron chi connectivity index (χ1n) is 7.80. The van der Waals surface area contributed by atoms with Gasteiger partial charge in [0.15, 0.2) is 0 Å². The molecule has 1 aliphatic carbocycles. The number of halogens is 3. The SMILES string of the molecule is Cc1c([C@H](C)NC(=O)C2CC2)cnn1-c1cccc(C(F)(F)F)c1. The third kappa shape index (κ3) is 3.29. The van der Waals surface area contributed by atoms with E-state index >= 15 is 0 Å². The van der Waals surface area contributed by atoms with Crippen molar-refractivity contribution in [3.8, 4) is 5.69 Å². The van der Waals surface area contributed by atoms with E-state index < -0.39 is 11.7 Å². The first kappa shape index (κ1) is 16.5. The Morgan fingerprint density at radius 3 is 2.71 bits per heavy atom. The van der Waals surface area contributed by atoms with Gasteiger partial charge in [0.05, 0.1) is 23.5 Å².